The van der Waals surface area contributed by atoms with E-state index < -0.39 is 5.97 Å². The van der Waals surface area contributed by atoms with Gasteiger partial charge in [0.2, 0.25) is 0 Å². The summed E-state index contributed by atoms with van der Waals surface area (Å²) in [5.74, 6) is -0.967. The van der Waals surface area contributed by atoms with Crippen molar-refractivity contribution < 1.29 is 14.7 Å². The molecule has 0 atom stereocenters. The van der Waals surface area contributed by atoms with E-state index in [1.807, 2.05) is 12.3 Å². The summed E-state index contributed by atoms with van der Waals surface area (Å²) < 4.78 is 0. The summed E-state index contributed by atoms with van der Waals surface area (Å²) in [6.45, 7) is 2.56. The van der Waals surface area contributed by atoms with Crippen LogP contribution in [0.5, 0.6) is 0 Å². The largest absolute Gasteiger partial charge is 0.481 e. The molecule has 1 aromatic heterocycles. The molecule has 1 aliphatic carbocycles. The fraction of sp³-hybridized carbons (Fsp3) is 0.571. The van der Waals surface area contributed by atoms with Gasteiger partial charge in [0.25, 0.3) is 0 Å². The number of hydrogen-bond acceptors (Lipinski definition) is 3. The predicted molar refractivity (Wildman–Crippen MR) is 77.8 cm³/mol. The average molecular weight is 296 g/mol. The molecule has 2 amide bonds. The van der Waals surface area contributed by atoms with E-state index in [0.717, 1.165) is 18.4 Å². The first kappa shape index (κ1) is 14.8. The Kier molecular flexibility index (Phi) is 5.00. The molecule has 5 nitrogen and oxygen atoms in total. The van der Waals surface area contributed by atoms with Gasteiger partial charge in [-0.1, -0.05) is 0 Å². The van der Waals surface area contributed by atoms with E-state index in [0.29, 0.717) is 19.4 Å². The molecule has 0 aromatic carbocycles. The van der Waals surface area contributed by atoms with Crippen LogP contribution < -0.4 is 10.6 Å². The first-order chi connectivity index (χ1) is 9.56. The molecule has 1 aliphatic rings. The molecule has 1 fully saturated rings. The predicted octanol–water partition coefficient (Wildman–Crippen LogP) is 2.50. The molecule has 3 N–H and O–H groups in total. The van der Waals surface area contributed by atoms with Gasteiger partial charge in [-0.2, -0.15) is 11.3 Å². The number of aliphatic carboxylic acids is 1. The van der Waals surface area contributed by atoms with Gasteiger partial charge in [0.15, 0.2) is 0 Å². The highest BCUT2D eigenvalue weighted by Crippen LogP contribution is 2.24. The Balaban J connectivity index is 1.70. The number of nitrogens with one attached hydrogen (secondary N) is 2. The van der Waals surface area contributed by atoms with Crippen LogP contribution in [0.25, 0.3) is 0 Å². The second kappa shape index (κ2) is 6.74. The van der Waals surface area contributed by atoms with Crippen LogP contribution in [0.2, 0.25) is 0 Å². The van der Waals surface area contributed by atoms with Gasteiger partial charge in [-0.3, -0.25) is 4.79 Å². The molecule has 0 saturated heterocycles. The van der Waals surface area contributed by atoms with E-state index in [2.05, 4.69) is 16.0 Å². The molecule has 2 rings (SSSR count). The minimum absolute atomic E-state index is 0.0918. The number of carboxylic acid groups (broad SMARTS) is 1. The van der Waals surface area contributed by atoms with E-state index in [9.17, 15) is 9.59 Å². The Bertz CT molecular complexity index is 479. The number of carbonyl (C=O) groups excluding carboxylic acids is 1. The molecule has 110 valence electrons. The summed E-state index contributed by atoms with van der Waals surface area (Å²) in [6, 6.07) is -0.0800. The summed E-state index contributed by atoms with van der Waals surface area (Å²) in [6.07, 6.45) is 2.76. The molecule has 0 bridgehead atoms. The van der Waals surface area contributed by atoms with Crippen molar-refractivity contribution in [1.29, 1.82) is 0 Å². The molecule has 1 saturated carbocycles. The SMILES string of the molecule is Cc1cscc1CNC(=O)NC1CCC(C(=O)O)CC1. The topological polar surface area (TPSA) is 78.4 Å². The smallest absolute Gasteiger partial charge is 0.315 e. The van der Waals surface area contributed by atoms with Crippen molar-refractivity contribution in [3.8, 4) is 0 Å². The summed E-state index contributed by atoms with van der Waals surface area (Å²) in [4.78, 5) is 22.6. The van der Waals surface area contributed by atoms with Crippen molar-refractivity contribution in [1.82, 2.24) is 10.6 Å². The van der Waals surface area contributed by atoms with Crippen LogP contribution in [0.15, 0.2) is 10.8 Å². The molecule has 6 heteroatoms. The van der Waals surface area contributed by atoms with Crippen LogP contribution in [-0.2, 0) is 11.3 Å². The van der Waals surface area contributed by atoms with Gasteiger partial charge >= 0.3 is 12.0 Å². The Morgan fingerprint density at radius 1 is 1.30 bits per heavy atom. The Morgan fingerprint density at radius 2 is 2.00 bits per heavy atom. The highest BCUT2D eigenvalue weighted by atomic mass is 32.1. The third-order valence-electron chi connectivity index (χ3n) is 3.81. The summed E-state index contributed by atoms with van der Waals surface area (Å²) in [5, 5.41) is 18.8. The normalized spacial score (nSPS) is 22.2. The molecule has 0 radical (unpaired) electrons. The lowest BCUT2D eigenvalue weighted by molar-refractivity contribution is -0.142. The van der Waals surface area contributed by atoms with Crippen molar-refractivity contribution >= 4 is 23.3 Å². The summed E-state index contributed by atoms with van der Waals surface area (Å²) in [5.41, 5.74) is 2.33. The lowest BCUT2D eigenvalue weighted by Gasteiger charge is -2.26. The molecular weight excluding hydrogens is 276 g/mol. The second-order valence-electron chi connectivity index (χ2n) is 5.29. The monoisotopic (exact) mass is 296 g/mol. The van der Waals surface area contributed by atoms with Crippen LogP contribution in [0.1, 0.15) is 36.8 Å². The van der Waals surface area contributed by atoms with E-state index in [1.54, 1.807) is 11.3 Å². The lowest BCUT2D eigenvalue weighted by Crippen LogP contribution is -2.43. The third kappa shape index (κ3) is 3.96. The van der Waals surface area contributed by atoms with Gasteiger partial charge in [-0.15, -0.1) is 0 Å². The fourth-order valence-corrected chi connectivity index (χ4v) is 3.32. The number of rotatable bonds is 4. The highest BCUT2D eigenvalue weighted by molar-refractivity contribution is 7.08. The molecule has 1 aromatic rings. The number of carboxylic acids is 1. The van der Waals surface area contributed by atoms with E-state index in [1.165, 1.54) is 5.56 Å². The van der Waals surface area contributed by atoms with Crippen LogP contribution in [0.3, 0.4) is 0 Å². The zero-order valence-electron chi connectivity index (χ0n) is 11.5. The maximum atomic E-state index is 11.8. The average Bonchev–Trinajstić information content (AvgIpc) is 2.82. The van der Waals surface area contributed by atoms with E-state index in [4.69, 9.17) is 5.11 Å². The molecule has 0 unspecified atom stereocenters. The Morgan fingerprint density at radius 3 is 2.55 bits per heavy atom. The number of aryl methyl sites for hydroxylation is 1. The molecule has 20 heavy (non-hydrogen) atoms. The van der Waals surface area contributed by atoms with Gasteiger partial charge < -0.3 is 15.7 Å². The van der Waals surface area contributed by atoms with Crippen molar-refractivity contribution in [3.05, 3.63) is 21.9 Å². The van der Waals surface area contributed by atoms with Crippen LogP contribution in [0.4, 0.5) is 4.79 Å². The summed E-state index contributed by atoms with van der Waals surface area (Å²) >= 11 is 1.63. The van der Waals surface area contributed by atoms with Crippen molar-refractivity contribution in [2.24, 2.45) is 5.92 Å². The lowest BCUT2D eigenvalue weighted by atomic mass is 9.86. The third-order valence-corrected chi connectivity index (χ3v) is 4.72. The van der Waals surface area contributed by atoms with Gasteiger partial charge in [0.1, 0.15) is 0 Å². The standard InChI is InChI=1S/C14H20N2O3S/c1-9-7-20-8-11(9)6-15-14(19)16-12-4-2-10(3-5-12)13(17)18/h7-8,10,12H,2-6H2,1H3,(H,17,18)(H2,15,16,19). The first-order valence-electron chi connectivity index (χ1n) is 6.85. The minimum Gasteiger partial charge on any atom is -0.481 e. The molecule has 0 aliphatic heterocycles. The van der Waals surface area contributed by atoms with E-state index >= 15 is 0 Å². The first-order valence-corrected chi connectivity index (χ1v) is 7.79. The van der Waals surface area contributed by atoms with Gasteiger partial charge in [-0.05, 0) is 54.5 Å². The maximum Gasteiger partial charge on any atom is 0.315 e. The molecule has 0 spiro atoms. The number of urea groups is 1. The summed E-state index contributed by atoms with van der Waals surface area (Å²) in [7, 11) is 0. The minimum atomic E-state index is -0.721. The van der Waals surface area contributed by atoms with Gasteiger partial charge in [0.05, 0.1) is 5.92 Å². The van der Waals surface area contributed by atoms with Crippen LogP contribution in [-0.4, -0.2) is 23.1 Å². The van der Waals surface area contributed by atoms with Crippen LogP contribution in [0, 0.1) is 12.8 Å². The number of amides is 2. The van der Waals surface area contributed by atoms with E-state index in [-0.39, 0.29) is 18.0 Å². The zero-order valence-corrected chi connectivity index (χ0v) is 12.3. The number of hydrogen-bond donors (Lipinski definition) is 3. The van der Waals surface area contributed by atoms with Crippen molar-refractivity contribution in [2.45, 2.75) is 45.2 Å². The maximum absolute atomic E-state index is 11.8. The van der Waals surface area contributed by atoms with Crippen molar-refractivity contribution in [2.75, 3.05) is 0 Å². The fourth-order valence-electron chi connectivity index (χ4n) is 2.46. The molecule has 1 heterocycles. The van der Waals surface area contributed by atoms with Crippen LogP contribution >= 0.6 is 11.3 Å². The Labute approximate surface area is 122 Å². The highest BCUT2D eigenvalue weighted by Gasteiger charge is 2.26. The zero-order chi connectivity index (χ0) is 14.5. The Hall–Kier alpha value is -1.56. The van der Waals surface area contributed by atoms with Gasteiger partial charge in [0, 0.05) is 12.6 Å². The number of thiophene rings is 1. The molecular formula is C14H20N2O3S. The van der Waals surface area contributed by atoms with Gasteiger partial charge in [-0.25, -0.2) is 4.79 Å². The van der Waals surface area contributed by atoms with Crippen molar-refractivity contribution in [3.63, 3.8) is 0 Å². The number of carbonyl (C=O) groups is 2. The quantitative estimate of drug-likeness (QED) is 0.798. The second-order valence-corrected chi connectivity index (χ2v) is 6.04.